The molecule has 0 aromatic carbocycles. The second-order valence-corrected chi connectivity index (χ2v) is 7.20. The minimum Gasteiger partial charge on any atom is -0.481 e. The number of esters is 1. The summed E-state index contributed by atoms with van der Waals surface area (Å²) >= 11 is 0. The van der Waals surface area contributed by atoms with Crippen molar-refractivity contribution in [1.82, 2.24) is 0 Å². The maximum atomic E-state index is 12.3. The molecule has 2 bridgehead atoms. The van der Waals surface area contributed by atoms with Crippen LogP contribution in [-0.4, -0.2) is 23.7 Å². The van der Waals surface area contributed by atoms with Crippen molar-refractivity contribution in [3.8, 4) is 0 Å². The van der Waals surface area contributed by atoms with E-state index in [-0.39, 0.29) is 17.8 Å². The van der Waals surface area contributed by atoms with E-state index >= 15 is 0 Å². The smallest absolute Gasteiger partial charge is 0.310 e. The molecule has 0 radical (unpaired) electrons. The summed E-state index contributed by atoms with van der Waals surface area (Å²) in [6, 6.07) is 0. The van der Waals surface area contributed by atoms with Crippen LogP contribution in [0.1, 0.15) is 65.2 Å². The zero-order chi connectivity index (χ0) is 16.1. The van der Waals surface area contributed by atoms with E-state index in [1.807, 2.05) is 0 Å². The number of carboxylic acids is 1. The summed E-state index contributed by atoms with van der Waals surface area (Å²) in [6.45, 7) is 4.77. The third-order valence-corrected chi connectivity index (χ3v) is 5.64. The van der Waals surface area contributed by atoms with Crippen LogP contribution in [-0.2, 0) is 14.3 Å². The number of hydrogen-bond donors (Lipinski definition) is 1. The molecule has 1 N–H and O–H groups in total. The van der Waals surface area contributed by atoms with E-state index in [0.29, 0.717) is 12.5 Å². The monoisotopic (exact) mass is 310 g/mol. The lowest BCUT2D eigenvalue weighted by Crippen LogP contribution is -2.38. The van der Waals surface area contributed by atoms with Gasteiger partial charge in [0.2, 0.25) is 0 Å². The number of unbranched alkanes of at least 4 members (excludes halogenated alkanes) is 5. The van der Waals surface area contributed by atoms with Crippen LogP contribution in [0, 0.1) is 29.6 Å². The molecule has 4 nitrogen and oxygen atoms in total. The first-order valence-electron chi connectivity index (χ1n) is 8.95. The first-order chi connectivity index (χ1) is 10.6. The van der Waals surface area contributed by atoms with Gasteiger partial charge in [0.1, 0.15) is 0 Å². The van der Waals surface area contributed by atoms with E-state index in [1.54, 1.807) is 0 Å². The summed E-state index contributed by atoms with van der Waals surface area (Å²) in [5, 5.41) is 9.43. The molecule has 4 heteroatoms. The Morgan fingerprint density at radius 2 is 1.73 bits per heavy atom. The first kappa shape index (κ1) is 17.3. The average molecular weight is 310 g/mol. The molecule has 0 aliphatic heterocycles. The van der Waals surface area contributed by atoms with E-state index in [4.69, 9.17) is 4.74 Å². The molecule has 0 amide bonds. The average Bonchev–Trinajstić information content (AvgIpc) is 3.02. The number of rotatable bonds is 9. The van der Waals surface area contributed by atoms with Crippen molar-refractivity contribution >= 4 is 11.9 Å². The summed E-state index contributed by atoms with van der Waals surface area (Å²) in [5.41, 5.74) is 0. The maximum Gasteiger partial charge on any atom is 0.310 e. The van der Waals surface area contributed by atoms with Gasteiger partial charge in [0.15, 0.2) is 0 Å². The minimum absolute atomic E-state index is 0.170. The fourth-order valence-electron chi connectivity index (χ4n) is 4.51. The Morgan fingerprint density at radius 1 is 1.05 bits per heavy atom. The molecule has 0 aromatic rings. The maximum absolute atomic E-state index is 12.3. The second-order valence-electron chi connectivity index (χ2n) is 7.20. The summed E-state index contributed by atoms with van der Waals surface area (Å²) in [5.74, 6) is -1.18. The molecule has 5 atom stereocenters. The number of ether oxygens (including phenoxy) is 1. The van der Waals surface area contributed by atoms with Gasteiger partial charge >= 0.3 is 11.9 Å². The van der Waals surface area contributed by atoms with Gasteiger partial charge in [-0.25, -0.2) is 0 Å². The molecule has 0 aromatic heterocycles. The lowest BCUT2D eigenvalue weighted by atomic mass is 9.74. The molecular weight excluding hydrogens is 280 g/mol. The van der Waals surface area contributed by atoms with Crippen LogP contribution in [0.15, 0.2) is 0 Å². The van der Waals surface area contributed by atoms with Crippen LogP contribution < -0.4 is 0 Å². The molecule has 2 aliphatic rings. The van der Waals surface area contributed by atoms with Crippen molar-refractivity contribution in [3.63, 3.8) is 0 Å². The van der Waals surface area contributed by atoms with Gasteiger partial charge in [-0.1, -0.05) is 46.0 Å². The number of carbonyl (C=O) groups excluding carboxylic acids is 1. The van der Waals surface area contributed by atoms with Crippen LogP contribution in [0.3, 0.4) is 0 Å². The number of aliphatic carboxylic acids is 1. The van der Waals surface area contributed by atoms with E-state index in [2.05, 4.69) is 13.8 Å². The fourth-order valence-corrected chi connectivity index (χ4v) is 4.51. The minimum atomic E-state index is -0.819. The van der Waals surface area contributed by atoms with Crippen LogP contribution in [0.2, 0.25) is 0 Å². The normalized spacial score (nSPS) is 33.1. The Bertz CT molecular complexity index is 393. The van der Waals surface area contributed by atoms with Gasteiger partial charge in [0.05, 0.1) is 18.4 Å². The second kappa shape index (κ2) is 7.98. The highest BCUT2D eigenvalue weighted by Crippen LogP contribution is 2.55. The molecule has 0 heterocycles. The summed E-state index contributed by atoms with van der Waals surface area (Å²) in [4.78, 5) is 23.8. The number of hydrogen-bond acceptors (Lipinski definition) is 3. The van der Waals surface area contributed by atoms with Gasteiger partial charge in [0.25, 0.3) is 0 Å². The van der Waals surface area contributed by atoms with Crippen molar-refractivity contribution in [3.05, 3.63) is 0 Å². The van der Waals surface area contributed by atoms with Crippen molar-refractivity contribution in [2.45, 2.75) is 65.2 Å². The molecule has 0 saturated heterocycles. The molecular formula is C18H30O4. The van der Waals surface area contributed by atoms with Gasteiger partial charge in [-0.15, -0.1) is 0 Å². The van der Waals surface area contributed by atoms with Gasteiger partial charge in [-0.05, 0) is 37.0 Å². The van der Waals surface area contributed by atoms with Crippen LogP contribution in [0.25, 0.3) is 0 Å². The summed E-state index contributed by atoms with van der Waals surface area (Å²) in [6.07, 6.45) is 8.74. The molecule has 2 rings (SSSR count). The lowest BCUT2D eigenvalue weighted by Gasteiger charge is -2.30. The van der Waals surface area contributed by atoms with Gasteiger partial charge < -0.3 is 9.84 Å². The predicted molar refractivity (Wildman–Crippen MR) is 84.3 cm³/mol. The molecule has 0 spiro atoms. The molecule has 2 fully saturated rings. The Hall–Kier alpha value is -1.06. The quantitative estimate of drug-likeness (QED) is 0.518. The standard InChI is InChI=1S/C18H30O4/c1-3-4-5-6-7-8-9-22-18(21)16-14-11-13(10-12(14)2)15(16)17(19)20/h12-16H,3-11H2,1-2H3,(H,19,20). The Labute approximate surface area is 133 Å². The first-order valence-corrected chi connectivity index (χ1v) is 8.95. The SMILES string of the molecule is CCCCCCCCOC(=O)C1C2CC(CC2C)C1C(=O)O. The van der Waals surface area contributed by atoms with Crippen molar-refractivity contribution in [1.29, 1.82) is 0 Å². The zero-order valence-corrected chi connectivity index (χ0v) is 13.9. The number of fused-ring (bicyclic) bond motifs is 2. The Balaban J connectivity index is 1.75. The van der Waals surface area contributed by atoms with E-state index in [1.165, 1.54) is 25.7 Å². The Kier molecular flexibility index (Phi) is 6.27. The Morgan fingerprint density at radius 3 is 2.41 bits per heavy atom. The highest BCUT2D eigenvalue weighted by molar-refractivity contribution is 5.82. The van der Waals surface area contributed by atoms with Crippen molar-refractivity contribution in [2.24, 2.45) is 29.6 Å². The van der Waals surface area contributed by atoms with Crippen LogP contribution in [0.5, 0.6) is 0 Å². The van der Waals surface area contributed by atoms with E-state index in [0.717, 1.165) is 25.7 Å². The van der Waals surface area contributed by atoms with E-state index < -0.39 is 17.8 Å². The van der Waals surface area contributed by atoms with E-state index in [9.17, 15) is 14.7 Å². The largest absolute Gasteiger partial charge is 0.481 e. The van der Waals surface area contributed by atoms with Crippen LogP contribution >= 0.6 is 0 Å². The summed E-state index contributed by atoms with van der Waals surface area (Å²) < 4.78 is 5.41. The van der Waals surface area contributed by atoms with Gasteiger partial charge in [-0.3, -0.25) is 9.59 Å². The molecule has 22 heavy (non-hydrogen) atoms. The predicted octanol–water partition coefficient (Wildman–Crippen LogP) is 3.88. The number of carbonyl (C=O) groups is 2. The van der Waals surface area contributed by atoms with Gasteiger partial charge in [0, 0.05) is 0 Å². The zero-order valence-electron chi connectivity index (χ0n) is 13.9. The fraction of sp³-hybridized carbons (Fsp3) is 0.889. The van der Waals surface area contributed by atoms with Crippen LogP contribution in [0.4, 0.5) is 0 Å². The molecule has 126 valence electrons. The highest BCUT2D eigenvalue weighted by atomic mass is 16.5. The molecule has 5 unspecified atom stereocenters. The third-order valence-electron chi connectivity index (χ3n) is 5.64. The highest BCUT2D eigenvalue weighted by Gasteiger charge is 2.57. The van der Waals surface area contributed by atoms with Crippen molar-refractivity contribution in [2.75, 3.05) is 6.61 Å². The summed E-state index contributed by atoms with van der Waals surface area (Å²) in [7, 11) is 0. The van der Waals surface area contributed by atoms with Crippen molar-refractivity contribution < 1.29 is 19.4 Å². The van der Waals surface area contributed by atoms with Gasteiger partial charge in [-0.2, -0.15) is 0 Å². The molecule has 2 saturated carbocycles. The topological polar surface area (TPSA) is 63.6 Å². The molecule has 2 aliphatic carbocycles. The number of carboxylic acid groups (broad SMARTS) is 1. The lowest BCUT2D eigenvalue weighted by molar-refractivity contribution is -0.161. The third kappa shape index (κ3) is 3.82.